The fourth-order valence-corrected chi connectivity index (χ4v) is 3.14. The molecular weight excluding hydrogens is 300 g/mol. The number of nitrogens with zero attached hydrogens (tertiary/aromatic N) is 1. The molecule has 116 valence electrons. The zero-order chi connectivity index (χ0) is 15.7. The highest BCUT2D eigenvalue weighted by molar-refractivity contribution is 6.30. The Morgan fingerprint density at radius 1 is 1.36 bits per heavy atom. The van der Waals surface area contributed by atoms with E-state index in [-0.39, 0.29) is 11.9 Å². The minimum Gasteiger partial charge on any atom is -0.456 e. The lowest BCUT2D eigenvalue weighted by Gasteiger charge is -2.36. The molecular formula is C17H19ClN2O2. The minimum absolute atomic E-state index is 0.0373. The van der Waals surface area contributed by atoms with Gasteiger partial charge in [-0.2, -0.15) is 0 Å². The maximum atomic E-state index is 12.9. The topological polar surface area (TPSA) is 45.5 Å². The van der Waals surface area contributed by atoms with Crippen LogP contribution >= 0.6 is 11.6 Å². The van der Waals surface area contributed by atoms with Crippen LogP contribution in [-0.2, 0) is 0 Å². The highest BCUT2D eigenvalue weighted by Gasteiger charge is 2.31. The number of carbonyl (C=O) groups excluding carboxylic acids is 1. The van der Waals surface area contributed by atoms with Crippen LogP contribution in [0.15, 0.2) is 34.7 Å². The van der Waals surface area contributed by atoms with Crippen LogP contribution in [0.25, 0.3) is 0 Å². The Morgan fingerprint density at radius 2 is 2.18 bits per heavy atom. The number of furan rings is 1. The van der Waals surface area contributed by atoms with Crippen molar-refractivity contribution in [1.29, 1.82) is 0 Å². The van der Waals surface area contributed by atoms with E-state index in [2.05, 4.69) is 5.32 Å². The summed E-state index contributed by atoms with van der Waals surface area (Å²) in [6.07, 6.45) is 0. The summed E-state index contributed by atoms with van der Waals surface area (Å²) in [5, 5.41) is 4.02. The first kappa shape index (κ1) is 15.1. The zero-order valence-electron chi connectivity index (χ0n) is 12.7. The number of benzene rings is 1. The molecule has 0 spiro atoms. The fraction of sp³-hybridized carbons (Fsp3) is 0.353. The first-order valence-corrected chi connectivity index (χ1v) is 7.78. The minimum atomic E-state index is -0.0583. The van der Waals surface area contributed by atoms with Crippen molar-refractivity contribution in [2.75, 3.05) is 19.6 Å². The van der Waals surface area contributed by atoms with Gasteiger partial charge >= 0.3 is 0 Å². The van der Waals surface area contributed by atoms with Crippen LogP contribution in [0.5, 0.6) is 0 Å². The Kier molecular flexibility index (Phi) is 4.23. The lowest BCUT2D eigenvalue weighted by atomic mass is 10.0. The Morgan fingerprint density at radius 3 is 2.86 bits per heavy atom. The van der Waals surface area contributed by atoms with Gasteiger partial charge in [-0.3, -0.25) is 4.79 Å². The molecule has 1 aliphatic rings. The number of carbonyl (C=O) groups is 1. The monoisotopic (exact) mass is 318 g/mol. The van der Waals surface area contributed by atoms with E-state index in [1.54, 1.807) is 0 Å². The lowest BCUT2D eigenvalue weighted by molar-refractivity contribution is 0.0599. The first-order valence-electron chi connectivity index (χ1n) is 7.40. The van der Waals surface area contributed by atoms with Gasteiger partial charge in [0, 0.05) is 30.2 Å². The molecule has 1 unspecified atom stereocenters. The molecule has 1 fully saturated rings. The van der Waals surface area contributed by atoms with Crippen molar-refractivity contribution in [2.45, 2.75) is 19.9 Å². The molecule has 1 aliphatic heterocycles. The number of aryl methyl sites for hydroxylation is 2. The van der Waals surface area contributed by atoms with E-state index in [1.807, 2.05) is 49.1 Å². The number of halogens is 1. The van der Waals surface area contributed by atoms with Gasteiger partial charge in [0.2, 0.25) is 0 Å². The molecule has 1 aromatic heterocycles. The molecule has 1 atom stereocenters. The summed E-state index contributed by atoms with van der Waals surface area (Å²) in [5.74, 6) is 1.14. The van der Waals surface area contributed by atoms with Gasteiger partial charge in [-0.15, -0.1) is 0 Å². The molecule has 2 aromatic rings. The van der Waals surface area contributed by atoms with Crippen molar-refractivity contribution in [1.82, 2.24) is 10.2 Å². The normalized spacial score (nSPS) is 18.5. The fourth-order valence-electron chi connectivity index (χ4n) is 2.94. The summed E-state index contributed by atoms with van der Waals surface area (Å²) in [6, 6.07) is 9.53. The van der Waals surface area contributed by atoms with Gasteiger partial charge in [-0.1, -0.05) is 23.7 Å². The van der Waals surface area contributed by atoms with E-state index >= 15 is 0 Å². The van der Waals surface area contributed by atoms with Crippen molar-refractivity contribution in [3.63, 3.8) is 0 Å². The lowest BCUT2D eigenvalue weighted by Crippen LogP contribution is -2.48. The van der Waals surface area contributed by atoms with Crippen molar-refractivity contribution in [3.05, 3.63) is 58.0 Å². The number of nitrogens with one attached hydrogen (secondary N) is 1. The third-order valence-corrected chi connectivity index (χ3v) is 4.21. The van der Waals surface area contributed by atoms with Crippen molar-refractivity contribution >= 4 is 17.5 Å². The second-order valence-corrected chi connectivity index (χ2v) is 6.08. The molecule has 0 bridgehead atoms. The second-order valence-electron chi connectivity index (χ2n) is 5.64. The molecule has 4 nitrogen and oxygen atoms in total. The maximum Gasteiger partial charge on any atom is 0.290 e. The van der Waals surface area contributed by atoms with Gasteiger partial charge in [0.25, 0.3) is 5.91 Å². The van der Waals surface area contributed by atoms with Crippen LogP contribution < -0.4 is 5.32 Å². The van der Waals surface area contributed by atoms with Crippen LogP contribution in [-0.4, -0.2) is 30.4 Å². The van der Waals surface area contributed by atoms with Gasteiger partial charge in [0.05, 0.1) is 6.04 Å². The van der Waals surface area contributed by atoms with Crippen LogP contribution in [0.4, 0.5) is 0 Å². The molecule has 1 amide bonds. The Labute approximate surface area is 135 Å². The van der Waals surface area contributed by atoms with Crippen molar-refractivity contribution in [2.24, 2.45) is 0 Å². The third kappa shape index (κ3) is 2.89. The molecule has 0 radical (unpaired) electrons. The molecule has 3 rings (SSSR count). The molecule has 1 aromatic carbocycles. The Balaban J connectivity index is 1.92. The average Bonchev–Trinajstić information content (AvgIpc) is 2.85. The van der Waals surface area contributed by atoms with E-state index in [0.717, 1.165) is 23.4 Å². The predicted molar refractivity (Wildman–Crippen MR) is 86.3 cm³/mol. The Bertz CT molecular complexity index is 696. The van der Waals surface area contributed by atoms with Gasteiger partial charge in [0.15, 0.2) is 5.76 Å². The molecule has 1 N–H and O–H groups in total. The van der Waals surface area contributed by atoms with Crippen LogP contribution in [0, 0.1) is 13.8 Å². The van der Waals surface area contributed by atoms with Gasteiger partial charge < -0.3 is 14.6 Å². The van der Waals surface area contributed by atoms with E-state index in [0.29, 0.717) is 23.9 Å². The molecule has 5 heteroatoms. The summed E-state index contributed by atoms with van der Waals surface area (Å²) in [4.78, 5) is 14.7. The highest BCUT2D eigenvalue weighted by atomic mass is 35.5. The first-order chi connectivity index (χ1) is 10.6. The summed E-state index contributed by atoms with van der Waals surface area (Å²) in [5.41, 5.74) is 1.92. The molecule has 0 saturated carbocycles. The second kappa shape index (κ2) is 6.15. The predicted octanol–water partition coefficient (Wildman–Crippen LogP) is 3.34. The van der Waals surface area contributed by atoms with Crippen LogP contribution in [0.1, 0.15) is 33.5 Å². The number of hydrogen-bond donors (Lipinski definition) is 1. The van der Waals surface area contributed by atoms with Crippen molar-refractivity contribution in [3.8, 4) is 0 Å². The largest absolute Gasteiger partial charge is 0.456 e. The highest BCUT2D eigenvalue weighted by Crippen LogP contribution is 2.27. The number of rotatable bonds is 2. The van der Waals surface area contributed by atoms with Crippen LogP contribution in [0.3, 0.4) is 0 Å². The zero-order valence-corrected chi connectivity index (χ0v) is 13.5. The van der Waals surface area contributed by atoms with E-state index in [9.17, 15) is 4.79 Å². The van der Waals surface area contributed by atoms with E-state index in [1.165, 1.54) is 0 Å². The number of hydrogen-bond acceptors (Lipinski definition) is 3. The summed E-state index contributed by atoms with van der Waals surface area (Å²) >= 11 is 6.09. The molecule has 0 aliphatic carbocycles. The summed E-state index contributed by atoms with van der Waals surface area (Å²) < 4.78 is 5.60. The molecule has 22 heavy (non-hydrogen) atoms. The number of piperazine rings is 1. The van der Waals surface area contributed by atoms with Crippen LogP contribution in [0.2, 0.25) is 5.02 Å². The van der Waals surface area contributed by atoms with E-state index < -0.39 is 0 Å². The summed E-state index contributed by atoms with van der Waals surface area (Å²) in [7, 11) is 0. The molecule has 1 saturated heterocycles. The SMILES string of the molecule is Cc1cc(C)c(C(=O)N2CCNCC2c2cccc(Cl)c2)o1. The average molecular weight is 319 g/mol. The van der Waals surface area contributed by atoms with Crippen molar-refractivity contribution < 1.29 is 9.21 Å². The van der Waals surface area contributed by atoms with Gasteiger partial charge in [-0.25, -0.2) is 0 Å². The van der Waals surface area contributed by atoms with Gasteiger partial charge in [0.1, 0.15) is 5.76 Å². The quantitative estimate of drug-likeness (QED) is 0.923. The molecule has 2 heterocycles. The maximum absolute atomic E-state index is 12.9. The smallest absolute Gasteiger partial charge is 0.290 e. The third-order valence-electron chi connectivity index (χ3n) is 3.97. The standard InChI is InChI=1S/C17H19ClN2O2/c1-11-8-12(2)22-16(11)17(21)20-7-6-19-10-15(20)13-4-3-5-14(18)9-13/h3-5,8-9,15,19H,6-7,10H2,1-2H3. The summed E-state index contributed by atoms with van der Waals surface area (Å²) in [6.45, 7) is 5.90. The number of amides is 1. The Hall–Kier alpha value is -1.78. The van der Waals surface area contributed by atoms with Gasteiger partial charge in [-0.05, 0) is 37.6 Å². The van der Waals surface area contributed by atoms with E-state index in [4.69, 9.17) is 16.0 Å².